The molecule has 0 aliphatic heterocycles. The maximum atomic E-state index is 8.49. The number of hydrogen-bond acceptors (Lipinski definition) is 4. The van der Waals surface area contributed by atoms with Crippen molar-refractivity contribution in [1.82, 2.24) is 4.98 Å². The number of ether oxygens (including phenoxy) is 1. The molecule has 15 heavy (non-hydrogen) atoms. The number of pyridine rings is 1. The fourth-order valence-corrected chi connectivity index (χ4v) is 1.28. The van der Waals surface area contributed by atoms with Crippen molar-refractivity contribution >= 4 is 21.7 Å². The second-order valence-electron chi connectivity index (χ2n) is 3.03. The first kappa shape index (κ1) is 12.4. The van der Waals surface area contributed by atoms with Crippen LogP contribution in [-0.2, 0) is 4.74 Å². The molecule has 1 heterocycles. The van der Waals surface area contributed by atoms with Crippen LogP contribution >= 0.6 is 15.9 Å². The maximum Gasteiger partial charge on any atom is 0.126 e. The Morgan fingerprint density at radius 1 is 1.47 bits per heavy atom. The quantitative estimate of drug-likeness (QED) is 0.774. The van der Waals surface area contributed by atoms with Crippen LogP contribution in [0.1, 0.15) is 5.69 Å². The summed E-state index contributed by atoms with van der Waals surface area (Å²) >= 11 is 3.39. The van der Waals surface area contributed by atoms with E-state index in [9.17, 15) is 0 Å². The Kier molecular flexibility index (Phi) is 5.60. The molecule has 1 aromatic heterocycles. The van der Waals surface area contributed by atoms with Gasteiger partial charge in [0.05, 0.1) is 25.5 Å². The summed E-state index contributed by atoms with van der Waals surface area (Å²) in [5, 5.41) is 11.6. The number of rotatable bonds is 6. The molecule has 0 unspecified atom stereocenters. The first-order valence-electron chi connectivity index (χ1n) is 4.79. The number of aromatic nitrogens is 1. The van der Waals surface area contributed by atoms with Crippen LogP contribution in [0.25, 0.3) is 0 Å². The van der Waals surface area contributed by atoms with E-state index < -0.39 is 0 Å². The van der Waals surface area contributed by atoms with E-state index >= 15 is 0 Å². The molecule has 0 saturated heterocycles. The first-order valence-corrected chi connectivity index (χ1v) is 5.59. The summed E-state index contributed by atoms with van der Waals surface area (Å²) < 4.78 is 6.11. The molecule has 0 fully saturated rings. The van der Waals surface area contributed by atoms with Crippen LogP contribution < -0.4 is 5.32 Å². The normalized spacial score (nSPS) is 10.3. The zero-order chi connectivity index (χ0) is 11.1. The molecule has 84 valence electrons. The van der Waals surface area contributed by atoms with E-state index in [1.54, 1.807) is 0 Å². The van der Waals surface area contributed by atoms with Gasteiger partial charge in [-0.3, -0.25) is 0 Å². The number of halogens is 1. The Balaban J connectivity index is 2.28. The number of anilines is 1. The van der Waals surface area contributed by atoms with E-state index in [0.717, 1.165) is 16.0 Å². The zero-order valence-corrected chi connectivity index (χ0v) is 10.2. The average Bonchev–Trinajstić information content (AvgIpc) is 2.23. The highest BCUT2D eigenvalue weighted by Crippen LogP contribution is 2.15. The van der Waals surface area contributed by atoms with Gasteiger partial charge in [-0.1, -0.05) is 0 Å². The van der Waals surface area contributed by atoms with Crippen molar-refractivity contribution in [2.24, 2.45) is 0 Å². The molecule has 0 aliphatic rings. The maximum absolute atomic E-state index is 8.49. The lowest BCUT2D eigenvalue weighted by atomic mass is 10.4. The highest BCUT2D eigenvalue weighted by molar-refractivity contribution is 9.10. The Morgan fingerprint density at radius 2 is 2.27 bits per heavy atom. The second-order valence-corrected chi connectivity index (χ2v) is 3.88. The van der Waals surface area contributed by atoms with E-state index in [4.69, 9.17) is 9.84 Å². The largest absolute Gasteiger partial charge is 0.394 e. The molecule has 0 aliphatic carbocycles. The number of nitrogens with zero attached hydrogens (tertiary/aromatic N) is 1. The zero-order valence-electron chi connectivity index (χ0n) is 8.66. The van der Waals surface area contributed by atoms with Crippen molar-refractivity contribution in [1.29, 1.82) is 0 Å². The van der Waals surface area contributed by atoms with Gasteiger partial charge in [-0.2, -0.15) is 0 Å². The van der Waals surface area contributed by atoms with Gasteiger partial charge < -0.3 is 15.2 Å². The van der Waals surface area contributed by atoms with Gasteiger partial charge >= 0.3 is 0 Å². The highest BCUT2D eigenvalue weighted by atomic mass is 79.9. The number of hydrogen-bond donors (Lipinski definition) is 2. The number of aliphatic hydroxyl groups is 1. The van der Waals surface area contributed by atoms with Crippen LogP contribution in [0.4, 0.5) is 5.82 Å². The molecule has 1 aromatic rings. The molecule has 0 radical (unpaired) electrons. The lowest BCUT2D eigenvalue weighted by Gasteiger charge is -2.07. The summed E-state index contributed by atoms with van der Waals surface area (Å²) in [6.07, 6.45) is 0. The fraction of sp³-hybridized carbons (Fsp3) is 0.500. The van der Waals surface area contributed by atoms with Crippen molar-refractivity contribution in [2.45, 2.75) is 6.92 Å². The minimum atomic E-state index is 0.0651. The van der Waals surface area contributed by atoms with Gasteiger partial charge in [-0.05, 0) is 35.0 Å². The third-order valence-corrected chi connectivity index (χ3v) is 2.65. The van der Waals surface area contributed by atoms with Gasteiger partial charge in [0.15, 0.2) is 0 Å². The summed E-state index contributed by atoms with van der Waals surface area (Å²) in [5.41, 5.74) is 0.955. The van der Waals surface area contributed by atoms with E-state index in [0.29, 0.717) is 19.8 Å². The third-order valence-electron chi connectivity index (χ3n) is 1.81. The number of nitrogens with one attached hydrogen (secondary N) is 1. The Labute approximate surface area is 97.8 Å². The van der Waals surface area contributed by atoms with Gasteiger partial charge in [0.2, 0.25) is 0 Å². The van der Waals surface area contributed by atoms with Crippen LogP contribution in [0.5, 0.6) is 0 Å². The fourth-order valence-electron chi connectivity index (χ4n) is 1.06. The minimum absolute atomic E-state index is 0.0651. The molecule has 0 amide bonds. The Morgan fingerprint density at radius 3 is 2.93 bits per heavy atom. The molecule has 4 nitrogen and oxygen atoms in total. The SMILES string of the molecule is Cc1nc(NCCOCCO)ccc1Br. The first-order chi connectivity index (χ1) is 7.24. The summed E-state index contributed by atoms with van der Waals surface area (Å²) in [7, 11) is 0. The molecule has 0 aromatic carbocycles. The predicted molar refractivity (Wildman–Crippen MR) is 63.1 cm³/mol. The van der Waals surface area contributed by atoms with Gasteiger partial charge in [0.1, 0.15) is 5.82 Å². The van der Waals surface area contributed by atoms with Crippen LogP contribution in [-0.4, -0.2) is 36.5 Å². The Bertz CT molecular complexity index is 307. The van der Waals surface area contributed by atoms with Crippen LogP contribution in [0.3, 0.4) is 0 Å². The molecule has 0 spiro atoms. The molecule has 2 N–H and O–H groups in total. The molecular formula is C10H15BrN2O2. The Hall–Kier alpha value is -0.650. The molecule has 1 rings (SSSR count). The van der Waals surface area contributed by atoms with Crippen LogP contribution in [0, 0.1) is 6.92 Å². The number of aryl methyl sites for hydroxylation is 1. The second kappa shape index (κ2) is 6.76. The minimum Gasteiger partial charge on any atom is -0.394 e. The lowest BCUT2D eigenvalue weighted by molar-refractivity contribution is 0.0992. The average molecular weight is 275 g/mol. The van der Waals surface area contributed by atoms with Crippen LogP contribution in [0.2, 0.25) is 0 Å². The molecule has 0 bridgehead atoms. The van der Waals surface area contributed by atoms with Gasteiger partial charge in [-0.15, -0.1) is 0 Å². The number of aliphatic hydroxyl groups excluding tert-OH is 1. The van der Waals surface area contributed by atoms with E-state index in [1.165, 1.54) is 0 Å². The molecule has 0 atom stereocenters. The van der Waals surface area contributed by atoms with Crippen LogP contribution in [0.15, 0.2) is 16.6 Å². The van der Waals surface area contributed by atoms with E-state index in [2.05, 4.69) is 26.2 Å². The van der Waals surface area contributed by atoms with Crippen molar-refractivity contribution in [3.8, 4) is 0 Å². The summed E-state index contributed by atoms with van der Waals surface area (Å²) in [6.45, 7) is 3.65. The summed E-state index contributed by atoms with van der Waals surface area (Å²) in [5.74, 6) is 0.836. The summed E-state index contributed by atoms with van der Waals surface area (Å²) in [6, 6.07) is 3.86. The van der Waals surface area contributed by atoms with Crippen molar-refractivity contribution in [3.63, 3.8) is 0 Å². The van der Waals surface area contributed by atoms with Crippen molar-refractivity contribution < 1.29 is 9.84 Å². The highest BCUT2D eigenvalue weighted by Gasteiger charge is 1.97. The van der Waals surface area contributed by atoms with Crippen molar-refractivity contribution in [3.05, 3.63) is 22.3 Å². The molecule has 0 saturated carbocycles. The third kappa shape index (κ3) is 4.59. The van der Waals surface area contributed by atoms with E-state index in [-0.39, 0.29) is 6.61 Å². The smallest absolute Gasteiger partial charge is 0.126 e. The standard InChI is InChI=1S/C10H15BrN2O2/c1-8-9(11)2-3-10(13-8)12-4-6-15-7-5-14/h2-3,14H,4-7H2,1H3,(H,12,13). The predicted octanol–water partition coefficient (Wildman–Crippen LogP) is 1.57. The molecular weight excluding hydrogens is 260 g/mol. The van der Waals surface area contributed by atoms with Crippen molar-refractivity contribution in [2.75, 3.05) is 31.7 Å². The topological polar surface area (TPSA) is 54.4 Å². The van der Waals surface area contributed by atoms with Gasteiger partial charge in [0.25, 0.3) is 0 Å². The molecule has 5 heteroatoms. The lowest BCUT2D eigenvalue weighted by Crippen LogP contribution is -2.12. The van der Waals surface area contributed by atoms with Gasteiger partial charge in [0, 0.05) is 11.0 Å². The van der Waals surface area contributed by atoms with Gasteiger partial charge in [-0.25, -0.2) is 4.98 Å². The summed E-state index contributed by atoms with van der Waals surface area (Å²) in [4.78, 5) is 4.33. The van der Waals surface area contributed by atoms with E-state index in [1.807, 2.05) is 19.1 Å². The monoisotopic (exact) mass is 274 g/mol.